The predicted molar refractivity (Wildman–Crippen MR) is 111 cm³/mol. The second-order valence-corrected chi connectivity index (χ2v) is 8.84. The Morgan fingerprint density at radius 1 is 1.11 bits per heavy atom. The van der Waals surface area contributed by atoms with Gasteiger partial charge in [-0.3, -0.25) is 4.90 Å². The van der Waals surface area contributed by atoms with Crippen molar-refractivity contribution >= 4 is 5.82 Å². The monoisotopic (exact) mass is 378 g/mol. The van der Waals surface area contributed by atoms with Gasteiger partial charge in [0, 0.05) is 42.0 Å². The molecule has 2 fully saturated rings. The van der Waals surface area contributed by atoms with Crippen LogP contribution in [0.1, 0.15) is 37.9 Å². The number of aryl methyl sites for hydroxylation is 1. The van der Waals surface area contributed by atoms with Crippen molar-refractivity contribution in [1.82, 2.24) is 14.9 Å². The number of fused-ring (bicyclic) bond motifs is 2. The number of aromatic nitrogens is 2. The van der Waals surface area contributed by atoms with Crippen LogP contribution in [0.3, 0.4) is 0 Å². The summed E-state index contributed by atoms with van der Waals surface area (Å²) < 4.78 is 6.11. The standard InChI is InChI=1S/C23H30N4O/c1-15(2)21-13-27-12-17(11-18(27)14-28-21)24-23-19-9-6-10-20(19)25-22(26-23)16-7-4-3-5-8-16/h3-5,7-8,15,17-18,21H,6,9-14H2,1-2H3,(H,24,25,26)/t17-,18-,21+/m0/s1. The first-order chi connectivity index (χ1) is 13.7. The summed E-state index contributed by atoms with van der Waals surface area (Å²) in [5.74, 6) is 2.49. The molecule has 28 heavy (non-hydrogen) atoms. The third-order valence-electron chi connectivity index (χ3n) is 6.49. The minimum atomic E-state index is 0.364. The molecule has 5 nitrogen and oxygen atoms in total. The highest BCUT2D eigenvalue weighted by Gasteiger charge is 2.38. The van der Waals surface area contributed by atoms with Crippen molar-refractivity contribution in [3.05, 3.63) is 41.6 Å². The lowest BCUT2D eigenvalue weighted by molar-refractivity contribution is -0.0683. The fraction of sp³-hybridized carbons (Fsp3) is 0.565. The first kappa shape index (κ1) is 18.1. The van der Waals surface area contributed by atoms with E-state index in [1.54, 1.807) is 0 Å². The van der Waals surface area contributed by atoms with E-state index in [-0.39, 0.29) is 0 Å². The molecule has 2 aromatic rings. The number of ether oxygens (including phenoxy) is 1. The number of anilines is 1. The average molecular weight is 379 g/mol. The molecular weight excluding hydrogens is 348 g/mol. The molecule has 1 aromatic carbocycles. The SMILES string of the molecule is CC(C)[C@H]1CN2C[C@@H](Nc3nc(-c4ccccc4)nc4c3CCC4)C[C@H]2CO1. The summed E-state index contributed by atoms with van der Waals surface area (Å²) in [5.41, 5.74) is 3.66. The number of morpholine rings is 1. The topological polar surface area (TPSA) is 50.3 Å². The molecule has 2 saturated heterocycles. The van der Waals surface area contributed by atoms with E-state index in [0.717, 1.165) is 56.2 Å². The molecule has 0 bridgehead atoms. The van der Waals surface area contributed by atoms with Crippen LogP contribution in [0.2, 0.25) is 0 Å². The highest BCUT2D eigenvalue weighted by molar-refractivity contribution is 5.61. The first-order valence-corrected chi connectivity index (χ1v) is 10.7. The maximum Gasteiger partial charge on any atom is 0.161 e. The van der Waals surface area contributed by atoms with E-state index in [1.165, 1.54) is 17.7 Å². The van der Waals surface area contributed by atoms with Gasteiger partial charge < -0.3 is 10.1 Å². The van der Waals surface area contributed by atoms with Crippen LogP contribution in [0.4, 0.5) is 5.82 Å². The predicted octanol–water partition coefficient (Wildman–Crippen LogP) is 3.54. The quantitative estimate of drug-likeness (QED) is 0.882. The van der Waals surface area contributed by atoms with Crippen molar-refractivity contribution in [2.75, 3.05) is 25.0 Å². The smallest absolute Gasteiger partial charge is 0.161 e. The van der Waals surface area contributed by atoms with Crippen molar-refractivity contribution in [3.8, 4) is 11.4 Å². The number of hydrogen-bond acceptors (Lipinski definition) is 5. The summed E-state index contributed by atoms with van der Waals surface area (Å²) in [6.45, 7) is 7.50. The number of benzene rings is 1. The van der Waals surface area contributed by atoms with Crippen molar-refractivity contribution in [2.24, 2.45) is 5.92 Å². The zero-order chi connectivity index (χ0) is 19.1. The van der Waals surface area contributed by atoms with Gasteiger partial charge in [0.1, 0.15) is 5.82 Å². The third kappa shape index (κ3) is 3.42. The molecular formula is C23H30N4O. The highest BCUT2D eigenvalue weighted by atomic mass is 16.5. The van der Waals surface area contributed by atoms with Crippen LogP contribution in [0, 0.1) is 5.92 Å². The summed E-state index contributed by atoms with van der Waals surface area (Å²) >= 11 is 0. The van der Waals surface area contributed by atoms with E-state index < -0.39 is 0 Å². The minimum absolute atomic E-state index is 0.364. The molecule has 0 amide bonds. The Morgan fingerprint density at radius 3 is 2.79 bits per heavy atom. The Labute approximate surface area is 167 Å². The molecule has 1 aromatic heterocycles. The molecule has 2 aliphatic heterocycles. The first-order valence-electron chi connectivity index (χ1n) is 10.7. The van der Waals surface area contributed by atoms with Crippen LogP contribution in [-0.4, -0.2) is 52.8 Å². The fourth-order valence-corrected chi connectivity index (χ4v) is 4.87. The molecule has 0 radical (unpaired) electrons. The lowest BCUT2D eigenvalue weighted by atomic mass is 10.0. The fourth-order valence-electron chi connectivity index (χ4n) is 4.87. The number of nitrogens with zero attached hydrogens (tertiary/aromatic N) is 3. The Balaban J connectivity index is 1.37. The highest BCUT2D eigenvalue weighted by Crippen LogP contribution is 2.32. The summed E-state index contributed by atoms with van der Waals surface area (Å²) in [7, 11) is 0. The van der Waals surface area contributed by atoms with Gasteiger partial charge in [-0.05, 0) is 31.6 Å². The zero-order valence-electron chi connectivity index (χ0n) is 16.9. The lowest BCUT2D eigenvalue weighted by Crippen LogP contribution is -2.48. The van der Waals surface area contributed by atoms with Crippen molar-refractivity contribution in [3.63, 3.8) is 0 Å². The normalized spacial score (nSPS) is 27.0. The molecule has 5 heteroatoms. The largest absolute Gasteiger partial charge is 0.375 e. The molecule has 148 valence electrons. The molecule has 5 rings (SSSR count). The van der Waals surface area contributed by atoms with E-state index >= 15 is 0 Å². The van der Waals surface area contributed by atoms with E-state index in [2.05, 4.69) is 48.3 Å². The Hall–Kier alpha value is -1.98. The van der Waals surface area contributed by atoms with E-state index in [0.29, 0.717) is 24.1 Å². The van der Waals surface area contributed by atoms with Crippen LogP contribution in [0.5, 0.6) is 0 Å². The molecule has 3 aliphatic rings. The van der Waals surface area contributed by atoms with Crippen LogP contribution in [0.15, 0.2) is 30.3 Å². The number of rotatable bonds is 4. The maximum absolute atomic E-state index is 6.11. The Bertz CT molecular complexity index is 838. The van der Waals surface area contributed by atoms with Crippen molar-refractivity contribution in [2.45, 2.75) is 57.7 Å². The van der Waals surface area contributed by atoms with Gasteiger partial charge in [0.2, 0.25) is 0 Å². The van der Waals surface area contributed by atoms with Crippen molar-refractivity contribution < 1.29 is 4.74 Å². The van der Waals surface area contributed by atoms with Gasteiger partial charge in [-0.2, -0.15) is 0 Å². The lowest BCUT2D eigenvalue weighted by Gasteiger charge is -2.36. The second kappa shape index (κ2) is 7.45. The summed E-state index contributed by atoms with van der Waals surface area (Å²) in [5, 5.41) is 3.80. The van der Waals surface area contributed by atoms with E-state index in [1.807, 2.05) is 6.07 Å². The molecule has 0 spiro atoms. The molecule has 0 unspecified atom stereocenters. The van der Waals surface area contributed by atoms with Gasteiger partial charge in [0.05, 0.1) is 12.7 Å². The second-order valence-electron chi connectivity index (χ2n) is 8.84. The third-order valence-corrected chi connectivity index (χ3v) is 6.49. The molecule has 1 N–H and O–H groups in total. The van der Waals surface area contributed by atoms with Gasteiger partial charge in [-0.25, -0.2) is 9.97 Å². The van der Waals surface area contributed by atoms with Crippen LogP contribution in [0.25, 0.3) is 11.4 Å². The molecule has 0 saturated carbocycles. The van der Waals surface area contributed by atoms with Gasteiger partial charge >= 0.3 is 0 Å². The van der Waals surface area contributed by atoms with Gasteiger partial charge in [-0.15, -0.1) is 0 Å². The van der Waals surface area contributed by atoms with E-state index in [9.17, 15) is 0 Å². The minimum Gasteiger partial charge on any atom is -0.375 e. The van der Waals surface area contributed by atoms with Crippen LogP contribution < -0.4 is 5.32 Å². The van der Waals surface area contributed by atoms with Crippen LogP contribution >= 0.6 is 0 Å². The molecule has 3 heterocycles. The van der Waals surface area contributed by atoms with Gasteiger partial charge in [0.15, 0.2) is 5.82 Å². The van der Waals surface area contributed by atoms with E-state index in [4.69, 9.17) is 14.7 Å². The summed E-state index contributed by atoms with van der Waals surface area (Å²) in [6.07, 6.45) is 4.83. The zero-order valence-corrected chi connectivity index (χ0v) is 16.9. The summed E-state index contributed by atoms with van der Waals surface area (Å²) in [6, 6.07) is 11.3. The van der Waals surface area contributed by atoms with Crippen molar-refractivity contribution in [1.29, 1.82) is 0 Å². The molecule has 1 aliphatic carbocycles. The number of nitrogens with one attached hydrogen (secondary N) is 1. The van der Waals surface area contributed by atoms with Crippen LogP contribution in [-0.2, 0) is 17.6 Å². The van der Waals surface area contributed by atoms with Gasteiger partial charge in [0.25, 0.3) is 0 Å². The Kier molecular flexibility index (Phi) is 4.81. The Morgan fingerprint density at radius 2 is 1.96 bits per heavy atom. The van der Waals surface area contributed by atoms with Gasteiger partial charge in [-0.1, -0.05) is 44.2 Å². The summed E-state index contributed by atoms with van der Waals surface area (Å²) in [4.78, 5) is 12.5. The number of hydrogen-bond donors (Lipinski definition) is 1. The maximum atomic E-state index is 6.11. The average Bonchev–Trinajstić information content (AvgIpc) is 3.34. The molecule has 3 atom stereocenters.